The molecule has 0 aliphatic carbocycles. The Morgan fingerprint density at radius 3 is 2.64 bits per heavy atom. The van der Waals surface area contributed by atoms with Gasteiger partial charge < -0.3 is 10.6 Å². The van der Waals surface area contributed by atoms with Crippen LogP contribution in [-0.4, -0.2) is 22.8 Å². The number of amides is 4. The number of benzene rings is 1. The molecule has 1 aliphatic heterocycles. The molecule has 1 saturated heterocycles. The maximum atomic E-state index is 12.3. The summed E-state index contributed by atoms with van der Waals surface area (Å²) in [6.45, 7) is 1.58. The number of pyridine rings is 1. The molecule has 3 N–H and O–H groups in total. The van der Waals surface area contributed by atoms with E-state index in [2.05, 4.69) is 20.9 Å². The molecule has 1 aliphatic rings. The van der Waals surface area contributed by atoms with Crippen molar-refractivity contribution in [3.63, 3.8) is 0 Å². The van der Waals surface area contributed by atoms with Gasteiger partial charge in [0.15, 0.2) is 0 Å². The molecule has 1 unspecified atom stereocenters. The summed E-state index contributed by atoms with van der Waals surface area (Å²) >= 11 is 11.6. The van der Waals surface area contributed by atoms with E-state index >= 15 is 0 Å². The van der Waals surface area contributed by atoms with Gasteiger partial charge in [0.25, 0.3) is 11.8 Å². The lowest BCUT2D eigenvalue weighted by atomic mass is 9.92. The summed E-state index contributed by atoms with van der Waals surface area (Å²) in [5, 5.41) is 7.72. The van der Waals surface area contributed by atoms with Crippen LogP contribution >= 0.6 is 23.2 Å². The summed E-state index contributed by atoms with van der Waals surface area (Å²) in [4.78, 5) is 39.5. The lowest BCUT2D eigenvalue weighted by molar-refractivity contribution is -0.123. The standard InChI is InChI=1S/C16H12Cl2N4O3/c1-16(14(24)21-15(25)22-16)9-3-2-4-10(6-9)20-13(23)8-5-11(17)12(18)19-7-8/h2-7H,1H3,(H,20,23)(H2,21,22,24,25). The summed E-state index contributed by atoms with van der Waals surface area (Å²) < 4.78 is 0. The molecule has 128 valence electrons. The second-order valence-corrected chi connectivity index (χ2v) is 6.33. The maximum absolute atomic E-state index is 12.3. The van der Waals surface area contributed by atoms with E-state index < -0.39 is 23.4 Å². The van der Waals surface area contributed by atoms with Gasteiger partial charge in [-0.3, -0.25) is 14.9 Å². The van der Waals surface area contributed by atoms with Crippen molar-refractivity contribution in [3.8, 4) is 0 Å². The molecule has 0 saturated carbocycles. The van der Waals surface area contributed by atoms with Crippen molar-refractivity contribution in [1.29, 1.82) is 0 Å². The minimum Gasteiger partial charge on any atom is -0.322 e. The highest BCUT2D eigenvalue weighted by molar-refractivity contribution is 6.41. The first kappa shape index (κ1) is 17.2. The maximum Gasteiger partial charge on any atom is 0.322 e. The number of hydrogen-bond acceptors (Lipinski definition) is 4. The summed E-state index contributed by atoms with van der Waals surface area (Å²) in [5.74, 6) is -0.900. The largest absolute Gasteiger partial charge is 0.322 e. The molecule has 0 radical (unpaired) electrons. The highest BCUT2D eigenvalue weighted by atomic mass is 35.5. The van der Waals surface area contributed by atoms with Crippen LogP contribution in [0.15, 0.2) is 36.5 Å². The predicted molar refractivity (Wildman–Crippen MR) is 92.7 cm³/mol. The van der Waals surface area contributed by atoms with E-state index in [1.54, 1.807) is 31.2 Å². The van der Waals surface area contributed by atoms with E-state index in [-0.39, 0.29) is 15.7 Å². The van der Waals surface area contributed by atoms with Gasteiger partial charge in [-0.15, -0.1) is 0 Å². The van der Waals surface area contributed by atoms with E-state index in [9.17, 15) is 14.4 Å². The molecule has 1 fully saturated rings. The van der Waals surface area contributed by atoms with Crippen LogP contribution in [0.2, 0.25) is 10.2 Å². The van der Waals surface area contributed by atoms with Crippen LogP contribution in [0.25, 0.3) is 0 Å². The first-order valence-electron chi connectivity index (χ1n) is 7.16. The number of aromatic nitrogens is 1. The number of imide groups is 1. The zero-order chi connectivity index (χ0) is 18.2. The fourth-order valence-corrected chi connectivity index (χ4v) is 2.67. The highest BCUT2D eigenvalue weighted by Crippen LogP contribution is 2.27. The van der Waals surface area contributed by atoms with Crippen LogP contribution in [0.4, 0.5) is 10.5 Å². The third kappa shape index (κ3) is 3.29. The van der Waals surface area contributed by atoms with Gasteiger partial charge in [-0.2, -0.15) is 0 Å². The lowest BCUT2D eigenvalue weighted by Gasteiger charge is -2.21. The number of hydrogen-bond donors (Lipinski definition) is 3. The van der Waals surface area contributed by atoms with Crippen molar-refractivity contribution in [1.82, 2.24) is 15.6 Å². The average molecular weight is 379 g/mol. The molecule has 0 spiro atoms. The zero-order valence-electron chi connectivity index (χ0n) is 12.9. The Bertz CT molecular complexity index is 903. The zero-order valence-corrected chi connectivity index (χ0v) is 14.4. The third-order valence-corrected chi connectivity index (χ3v) is 4.49. The Balaban J connectivity index is 1.85. The number of nitrogens with one attached hydrogen (secondary N) is 3. The van der Waals surface area contributed by atoms with Crippen LogP contribution in [0.1, 0.15) is 22.8 Å². The molecule has 2 heterocycles. The summed E-state index contributed by atoms with van der Waals surface area (Å²) in [7, 11) is 0. The quantitative estimate of drug-likeness (QED) is 0.564. The molecular formula is C16H12Cl2N4O3. The molecule has 1 aromatic carbocycles. The first-order valence-corrected chi connectivity index (χ1v) is 7.92. The van der Waals surface area contributed by atoms with Gasteiger partial charge in [0, 0.05) is 11.9 Å². The Kier molecular flexibility index (Phi) is 4.36. The SMILES string of the molecule is CC1(c2cccc(NC(=O)c3cnc(Cl)c(Cl)c3)c2)NC(=O)NC1=O. The monoisotopic (exact) mass is 378 g/mol. The van der Waals surface area contributed by atoms with Gasteiger partial charge in [0.2, 0.25) is 0 Å². The molecule has 1 aromatic heterocycles. The van der Waals surface area contributed by atoms with Crippen LogP contribution in [0.3, 0.4) is 0 Å². The van der Waals surface area contributed by atoms with Crippen molar-refractivity contribution in [2.45, 2.75) is 12.5 Å². The topological polar surface area (TPSA) is 100 Å². The lowest BCUT2D eigenvalue weighted by Crippen LogP contribution is -2.40. The van der Waals surface area contributed by atoms with Gasteiger partial charge in [-0.05, 0) is 30.7 Å². The Hall–Kier alpha value is -2.64. The average Bonchev–Trinajstić information content (AvgIpc) is 2.83. The summed E-state index contributed by atoms with van der Waals surface area (Å²) in [6.07, 6.45) is 1.30. The smallest absolute Gasteiger partial charge is 0.322 e. The minimum atomic E-state index is -1.21. The number of nitrogens with zero attached hydrogens (tertiary/aromatic N) is 1. The summed E-state index contributed by atoms with van der Waals surface area (Å²) in [5.41, 5.74) is 0.00533. The van der Waals surface area contributed by atoms with E-state index in [0.717, 1.165) is 0 Å². The number of halogens is 2. The number of carbonyl (C=O) groups is 3. The van der Waals surface area contributed by atoms with E-state index in [4.69, 9.17) is 23.2 Å². The molecule has 25 heavy (non-hydrogen) atoms. The van der Waals surface area contributed by atoms with E-state index in [1.807, 2.05) is 0 Å². The molecular weight excluding hydrogens is 367 g/mol. The molecule has 4 amide bonds. The van der Waals surface area contributed by atoms with Crippen molar-refractivity contribution in [3.05, 3.63) is 57.8 Å². The minimum absolute atomic E-state index is 0.108. The first-order chi connectivity index (χ1) is 11.8. The van der Waals surface area contributed by atoms with Crippen molar-refractivity contribution >= 4 is 46.7 Å². The molecule has 3 rings (SSSR count). The summed E-state index contributed by atoms with van der Waals surface area (Å²) in [6, 6.07) is 7.45. The molecule has 2 aromatic rings. The number of rotatable bonds is 3. The second kappa shape index (κ2) is 6.34. The van der Waals surface area contributed by atoms with Crippen LogP contribution < -0.4 is 16.0 Å². The van der Waals surface area contributed by atoms with Crippen molar-refractivity contribution in [2.75, 3.05) is 5.32 Å². The van der Waals surface area contributed by atoms with Gasteiger partial charge in [0.05, 0.1) is 10.6 Å². The number of carbonyl (C=O) groups excluding carboxylic acids is 3. The van der Waals surface area contributed by atoms with Gasteiger partial charge in [0.1, 0.15) is 10.7 Å². The Morgan fingerprint density at radius 1 is 1.24 bits per heavy atom. The fraction of sp³-hybridized carbons (Fsp3) is 0.125. The van der Waals surface area contributed by atoms with Crippen LogP contribution in [0, 0.1) is 0 Å². The normalized spacial score (nSPS) is 19.3. The number of urea groups is 1. The molecule has 7 nitrogen and oxygen atoms in total. The second-order valence-electron chi connectivity index (χ2n) is 5.56. The molecule has 0 bridgehead atoms. The van der Waals surface area contributed by atoms with Crippen LogP contribution in [-0.2, 0) is 10.3 Å². The Labute approximate surface area is 152 Å². The fourth-order valence-electron chi connectivity index (χ4n) is 2.40. The van der Waals surface area contributed by atoms with Gasteiger partial charge in [-0.25, -0.2) is 9.78 Å². The predicted octanol–water partition coefficient (Wildman–Crippen LogP) is 2.70. The van der Waals surface area contributed by atoms with Crippen molar-refractivity contribution in [2.24, 2.45) is 0 Å². The Morgan fingerprint density at radius 2 is 2.00 bits per heavy atom. The highest BCUT2D eigenvalue weighted by Gasteiger charge is 2.43. The number of anilines is 1. The van der Waals surface area contributed by atoms with Gasteiger partial charge in [-0.1, -0.05) is 35.3 Å². The molecule has 9 heteroatoms. The van der Waals surface area contributed by atoms with Gasteiger partial charge >= 0.3 is 6.03 Å². The van der Waals surface area contributed by atoms with Crippen molar-refractivity contribution < 1.29 is 14.4 Å². The van der Waals surface area contributed by atoms with Crippen LogP contribution in [0.5, 0.6) is 0 Å². The van der Waals surface area contributed by atoms with E-state index in [0.29, 0.717) is 11.3 Å². The molecule has 1 atom stereocenters. The third-order valence-electron chi connectivity index (χ3n) is 3.80. The van der Waals surface area contributed by atoms with E-state index in [1.165, 1.54) is 12.3 Å².